The molecule has 2 rings (SSSR count). The van der Waals surface area contributed by atoms with Crippen LogP contribution in [0.1, 0.15) is 23.7 Å². The van der Waals surface area contributed by atoms with Gasteiger partial charge in [-0.3, -0.25) is 4.79 Å². The molecule has 6 heteroatoms. The molecule has 1 heterocycles. The number of hydrogen-bond acceptors (Lipinski definition) is 5. The highest BCUT2D eigenvalue weighted by Gasteiger charge is 2.09. The molecule has 0 radical (unpaired) electrons. The fraction of sp³-hybridized carbons (Fsp3) is 0.385. The molecule has 0 bridgehead atoms. The Bertz CT molecular complexity index is 582. The lowest BCUT2D eigenvalue weighted by molar-refractivity contribution is 0.0953. The number of thioether (sulfide) groups is 1. The van der Waals surface area contributed by atoms with E-state index < -0.39 is 0 Å². The first-order valence-electron chi connectivity index (χ1n) is 6.07. The van der Waals surface area contributed by atoms with Crippen molar-refractivity contribution in [2.24, 2.45) is 0 Å². The molecule has 2 aromatic rings. The Hall–Kier alpha value is -1.27. The molecule has 0 aliphatic carbocycles. The number of benzene rings is 1. The SMILES string of the molecule is CSC(C)CCNC(=O)c1ccc2nc(N)sc2c1. The fourth-order valence-corrected chi connectivity index (χ4v) is 2.82. The number of fused-ring (bicyclic) bond motifs is 1. The Morgan fingerprint density at radius 2 is 2.37 bits per heavy atom. The maximum absolute atomic E-state index is 12.0. The van der Waals surface area contributed by atoms with Crippen LogP contribution in [0.3, 0.4) is 0 Å². The second-order valence-electron chi connectivity index (χ2n) is 4.33. The number of anilines is 1. The van der Waals surface area contributed by atoms with E-state index in [0.29, 0.717) is 22.5 Å². The van der Waals surface area contributed by atoms with Crippen LogP contribution in [-0.4, -0.2) is 28.9 Å². The first kappa shape index (κ1) is 14.1. The zero-order valence-electron chi connectivity index (χ0n) is 11.0. The lowest BCUT2D eigenvalue weighted by atomic mass is 10.2. The van der Waals surface area contributed by atoms with Crippen molar-refractivity contribution in [2.45, 2.75) is 18.6 Å². The normalized spacial score (nSPS) is 12.5. The van der Waals surface area contributed by atoms with E-state index in [1.54, 1.807) is 17.8 Å². The van der Waals surface area contributed by atoms with Gasteiger partial charge in [-0.2, -0.15) is 11.8 Å². The number of aromatic nitrogens is 1. The van der Waals surface area contributed by atoms with Crippen LogP contribution in [0.5, 0.6) is 0 Å². The Labute approximate surface area is 120 Å². The maximum Gasteiger partial charge on any atom is 0.251 e. The second kappa shape index (κ2) is 6.25. The molecule has 1 aromatic carbocycles. The number of carbonyl (C=O) groups excluding carboxylic acids is 1. The minimum atomic E-state index is -0.0397. The van der Waals surface area contributed by atoms with Gasteiger partial charge >= 0.3 is 0 Å². The highest BCUT2D eigenvalue weighted by atomic mass is 32.2. The molecule has 19 heavy (non-hydrogen) atoms. The minimum Gasteiger partial charge on any atom is -0.375 e. The average molecular weight is 295 g/mol. The van der Waals surface area contributed by atoms with Crippen LogP contribution >= 0.6 is 23.1 Å². The molecule has 102 valence electrons. The molecule has 0 fully saturated rings. The van der Waals surface area contributed by atoms with Crippen LogP contribution in [0.4, 0.5) is 5.13 Å². The molecule has 1 unspecified atom stereocenters. The molecule has 1 amide bonds. The summed E-state index contributed by atoms with van der Waals surface area (Å²) in [6.45, 7) is 2.85. The Kier molecular flexibility index (Phi) is 4.66. The van der Waals surface area contributed by atoms with Gasteiger partial charge in [-0.05, 0) is 30.9 Å². The monoisotopic (exact) mass is 295 g/mol. The number of nitrogen functional groups attached to an aromatic ring is 1. The molecule has 0 saturated heterocycles. The molecule has 1 atom stereocenters. The van der Waals surface area contributed by atoms with Gasteiger partial charge in [0.2, 0.25) is 0 Å². The summed E-state index contributed by atoms with van der Waals surface area (Å²) in [6.07, 6.45) is 3.05. The lowest BCUT2D eigenvalue weighted by Crippen LogP contribution is -2.25. The van der Waals surface area contributed by atoms with E-state index in [2.05, 4.69) is 23.5 Å². The van der Waals surface area contributed by atoms with E-state index in [1.165, 1.54) is 11.3 Å². The minimum absolute atomic E-state index is 0.0397. The third-order valence-electron chi connectivity index (χ3n) is 2.91. The predicted octanol–water partition coefficient (Wildman–Crippen LogP) is 2.75. The van der Waals surface area contributed by atoms with Crippen LogP contribution < -0.4 is 11.1 Å². The Balaban J connectivity index is 2.00. The number of nitrogens with one attached hydrogen (secondary N) is 1. The molecule has 0 aliphatic heterocycles. The fourth-order valence-electron chi connectivity index (χ4n) is 1.69. The van der Waals surface area contributed by atoms with Gasteiger partial charge in [0.05, 0.1) is 10.2 Å². The summed E-state index contributed by atoms with van der Waals surface area (Å²) in [4.78, 5) is 16.2. The van der Waals surface area contributed by atoms with Crippen LogP contribution in [0, 0.1) is 0 Å². The number of thiazole rings is 1. The van der Waals surface area contributed by atoms with Crippen molar-refractivity contribution in [3.05, 3.63) is 23.8 Å². The van der Waals surface area contributed by atoms with Crippen molar-refractivity contribution in [1.82, 2.24) is 10.3 Å². The number of hydrogen-bond donors (Lipinski definition) is 2. The van der Waals surface area contributed by atoms with Crippen molar-refractivity contribution >= 4 is 44.4 Å². The molecule has 1 aromatic heterocycles. The summed E-state index contributed by atoms with van der Waals surface area (Å²) in [5.41, 5.74) is 7.15. The molecule has 0 saturated carbocycles. The topological polar surface area (TPSA) is 68.0 Å². The van der Waals surface area contributed by atoms with Gasteiger partial charge in [-0.15, -0.1) is 0 Å². The predicted molar refractivity (Wildman–Crippen MR) is 84.0 cm³/mol. The second-order valence-corrected chi connectivity index (χ2v) is 6.66. The van der Waals surface area contributed by atoms with Crippen molar-refractivity contribution < 1.29 is 4.79 Å². The summed E-state index contributed by atoms with van der Waals surface area (Å²) in [5, 5.41) is 4.02. The Morgan fingerprint density at radius 3 is 3.11 bits per heavy atom. The van der Waals surface area contributed by atoms with Gasteiger partial charge in [-0.1, -0.05) is 18.3 Å². The third-order valence-corrected chi connectivity index (χ3v) is 4.79. The summed E-state index contributed by atoms with van der Waals surface area (Å²) < 4.78 is 0.947. The summed E-state index contributed by atoms with van der Waals surface area (Å²) >= 11 is 3.20. The molecule has 4 nitrogen and oxygen atoms in total. The zero-order chi connectivity index (χ0) is 13.8. The molecular weight excluding hydrogens is 278 g/mol. The largest absolute Gasteiger partial charge is 0.375 e. The average Bonchev–Trinajstić information content (AvgIpc) is 2.77. The zero-order valence-corrected chi connectivity index (χ0v) is 12.6. The van der Waals surface area contributed by atoms with Crippen molar-refractivity contribution in [3.8, 4) is 0 Å². The van der Waals surface area contributed by atoms with E-state index in [-0.39, 0.29) is 5.91 Å². The number of nitrogens with zero attached hydrogens (tertiary/aromatic N) is 1. The van der Waals surface area contributed by atoms with Crippen LogP contribution in [0.25, 0.3) is 10.2 Å². The number of rotatable bonds is 5. The van der Waals surface area contributed by atoms with Gasteiger partial charge in [-0.25, -0.2) is 4.98 Å². The van der Waals surface area contributed by atoms with Crippen LogP contribution in [-0.2, 0) is 0 Å². The first-order valence-corrected chi connectivity index (χ1v) is 8.17. The highest BCUT2D eigenvalue weighted by Crippen LogP contribution is 2.24. The molecule has 0 spiro atoms. The molecular formula is C13H17N3OS2. The number of nitrogens with two attached hydrogens (primary N) is 1. The van der Waals surface area contributed by atoms with E-state index in [0.717, 1.165) is 16.6 Å². The van der Waals surface area contributed by atoms with Crippen molar-refractivity contribution in [2.75, 3.05) is 18.5 Å². The van der Waals surface area contributed by atoms with Crippen LogP contribution in [0.2, 0.25) is 0 Å². The van der Waals surface area contributed by atoms with Crippen LogP contribution in [0.15, 0.2) is 18.2 Å². The maximum atomic E-state index is 12.0. The van der Waals surface area contributed by atoms with E-state index >= 15 is 0 Å². The van der Waals surface area contributed by atoms with Crippen molar-refractivity contribution in [1.29, 1.82) is 0 Å². The molecule has 3 N–H and O–H groups in total. The first-order chi connectivity index (χ1) is 9.10. The summed E-state index contributed by atoms with van der Waals surface area (Å²) in [6, 6.07) is 5.47. The quantitative estimate of drug-likeness (QED) is 0.890. The summed E-state index contributed by atoms with van der Waals surface area (Å²) in [7, 11) is 0. The number of carbonyl (C=O) groups is 1. The number of amides is 1. The van der Waals surface area contributed by atoms with E-state index in [9.17, 15) is 4.79 Å². The van der Waals surface area contributed by atoms with Gasteiger partial charge in [0.1, 0.15) is 0 Å². The van der Waals surface area contributed by atoms with Gasteiger partial charge < -0.3 is 11.1 Å². The Morgan fingerprint density at radius 1 is 1.58 bits per heavy atom. The van der Waals surface area contributed by atoms with E-state index in [4.69, 9.17) is 5.73 Å². The van der Waals surface area contributed by atoms with Gasteiger partial charge in [0.15, 0.2) is 5.13 Å². The molecule has 0 aliphatic rings. The summed E-state index contributed by atoms with van der Waals surface area (Å²) in [5.74, 6) is -0.0397. The standard InChI is InChI=1S/C13H17N3OS2/c1-8(18-2)5-6-15-12(17)9-3-4-10-11(7-9)19-13(14)16-10/h3-4,7-8H,5-6H2,1-2H3,(H2,14,16)(H,15,17). The smallest absolute Gasteiger partial charge is 0.251 e. The highest BCUT2D eigenvalue weighted by molar-refractivity contribution is 7.99. The third kappa shape index (κ3) is 3.61. The van der Waals surface area contributed by atoms with Gasteiger partial charge in [0, 0.05) is 17.4 Å². The van der Waals surface area contributed by atoms with E-state index in [1.807, 2.05) is 12.1 Å². The van der Waals surface area contributed by atoms with Gasteiger partial charge in [0.25, 0.3) is 5.91 Å². The lowest BCUT2D eigenvalue weighted by Gasteiger charge is -2.09. The van der Waals surface area contributed by atoms with Crippen molar-refractivity contribution in [3.63, 3.8) is 0 Å².